The van der Waals surface area contributed by atoms with Crippen LogP contribution in [0.1, 0.15) is 32.0 Å². The number of fused-ring (bicyclic) bond motifs is 1. The number of aromatic nitrogens is 2. The van der Waals surface area contributed by atoms with Gasteiger partial charge < -0.3 is 15.2 Å². The van der Waals surface area contributed by atoms with Crippen molar-refractivity contribution in [3.63, 3.8) is 0 Å². The fourth-order valence-corrected chi connectivity index (χ4v) is 5.16. The number of hydrogen-bond acceptors (Lipinski definition) is 5. The largest absolute Gasteiger partial charge is 0.370 e. The summed E-state index contributed by atoms with van der Waals surface area (Å²) in [6.07, 6.45) is 0.0824. The van der Waals surface area contributed by atoms with Crippen LogP contribution in [0.4, 0.5) is 11.6 Å². The molecule has 0 aliphatic rings. The number of hydrogen-bond donors (Lipinski definition) is 2. The van der Waals surface area contributed by atoms with Crippen LogP contribution < -0.4 is 16.0 Å². The number of rotatable bonds is 8. The van der Waals surface area contributed by atoms with Crippen LogP contribution in [0, 0.1) is 6.92 Å². The molecule has 5 rings (SSSR count). The van der Waals surface area contributed by atoms with Crippen LogP contribution in [0.15, 0.2) is 84.9 Å². The van der Waals surface area contributed by atoms with E-state index in [4.69, 9.17) is 5.73 Å². The molecule has 8 nitrogen and oxygen atoms in total. The van der Waals surface area contributed by atoms with Gasteiger partial charge in [0.25, 0.3) is 11.8 Å². The highest BCUT2D eigenvalue weighted by atomic mass is 32.1. The molecule has 0 aliphatic heterocycles. The number of thiophene rings is 1. The maximum Gasteiger partial charge on any atom is 0.268 e. The van der Waals surface area contributed by atoms with Gasteiger partial charge in [-0.2, -0.15) is 0 Å². The molecule has 0 aliphatic carbocycles. The summed E-state index contributed by atoms with van der Waals surface area (Å²) in [7, 11) is 1.70. The summed E-state index contributed by atoms with van der Waals surface area (Å²) in [5, 5.41) is 2.90. The Labute approximate surface area is 229 Å². The minimum absolute atomic E-state index is 0.0824. The number of nitrogens with one attached hydrogen (secondary N) is 1. The fraction of sp³-hybridized carbons (Fsp3) is 0.133. The Hall–Kier alpha value is -4.76. The van der Waals surface area contributed by atoms with Crippen molar-refractivity contribution in [1.82, 2.24) is 9.55 Å². The predicted molar refractivity (Wildman–Crippen MR) is 155 cm³/mol. The number of amides is 3. The normalized spacial score (nSPS) is 10.9. The molecule has 0 atom stereocenters. The molecule has 2 heterocycles. The first kappa shape index (κ1) is 25.9. The van der Waals surface area contributed by atoms with Gasteiger partial charge in [-0.25, -0.2) is 4.98 Å². The predicted octanol–water partition coefficient (Wildman–Crippen LogP) is 5.48. The van der Waals surface area contributed by atoms with Crippen LogP contribution in [0.25, 0.3) is 21.5 Å². The molecule has 0 saturated carbocycles. The molecule has 0 spiro atoms. The van der Waals surface area contributed by atoms with Gasteiger partial charge in [0.05, 0.1) is 15.9 Å². The molecule has 3 aromatic carbocycles. The van der Waals surface area contributed by atoms with E-state index in [2.05, 4.69) is 10.3 Å². The molecule has 196 valence electrons. The third-order valence-corrected chi connectivity index (χ3v) is 7.55. The lowest BCUT2D eigenvalue weighted by molar-refractivity contribution is -0.118. The average Bonchev–Trinajstić information content (AvgIpc) is 3.56. The van der Waals surface area contributed by atoms with Crippen LogP contribution >= 0.6 is 11.3 Å². The molecule has 0 saturated heterocycles. The Bertz CT molecular complexity index is 1670. The van der Waals surface area contributed by atoms with Gasteiger partial charge in [0.2, 0.25) is 11.9 Å². The Morgan fingerprint density at radius 3 is 2.44 bits per heavy atom. The minimum atomic E-state index is -0.458. The molecule has 3 N–H and O–H groups in total. The highest BCUT2D eigenvalue weighted by molar-refractivity contribution is 7.17. The molecule has 9 heteroatoms. The molecule has 0 fully saturated rings. The molecule has 3 amide bonds. The van der Waals surface area contributed by atoms with Crippen LogP contribution in [0.5, 0.6) is 0 Å². The van der Waals surface area contributed by atoms with Crippen molar-refractivity contribution in [1.29, 1.82) is 0 Å². The van der Waals surface area contributed by atoms with E-state index in [0.717, 1.165) is 10.4 Å². The monoisotopic (exact) mass is 537 g/mol. The Balaban J connectivity index is 1.43. The lowest BCUT2D eigenvalue weighted by Gasteiger charge is -2.17. The smallest absolute Gasteiger partial charge is 0.268 e. The second kappa shape index (κ2) is 10.9. The van der Waals surface area contributed by atoms with Crippen LogP contribution in [-0.2, 0) is 11.3 Å². The molecule has 5 aromatic rings. The Morgan fingerprint density at radius 2 is 1.72 bits per heavy atom. The lowest BCUT2D eigenvalue weighted by Crippen LogP contribution is -2.26. The third-order valence-electron chi connectivity index (χ3n) is 6.42. The van der Waals surface area contributed by atoms with Gasteiger partial charge in [-0.3, -0.25) is 19.7 Å². The van der Waals surface area contributed by atoms with Gasteiger partial charge in [-0.05, 0) is 55.0 Å². The molecule has 2 aromatic heterocycles. The summed E-state index contributed by atoms with van der Waals surface area (Å²) in [6.45, 7) is 2.28. The number of aryl methyl sites for hydroxylation is 2. The van der Waals surface area contributed by atoms with E-state index in [0.29, 0.717) is 33.1 Å². The summed E-state index contributed by atoms with van der Waals surface area (Å²) in [4.78, 5) is 45.4. The first-order valence-electron chi connectivity index (χ1n) is 12.4. The second-order valence-corrected chi connectivity index (χ2v) is 10.3. The van der Waals surface area contributed by atoms with Gasteiger partial charge in [0, 0.05) is 36.1 Å². The zero-order valence-electron chi connectivity index (χ0n) is 21.5. The van der Waals surface area contributed by atoms with Crippen LogP contribution in [0.2, 0.25) is 0 Å². The van der Waals surface area contributed by atoms with Crippen molar-refractivity contribution in [3.8, 4) is 10.4 Å². The average molecular weight is 538 g/mol. The summed E-state index contributed by atoms with van der Waals surface area (Å²) >= 11 is 1.39. The quantitative estimate of drug-likeness (QED) is 0.273. The fourth-order valence-electron chi connectivity index (χ4n) is 4.26. The number of carbonyl (C=O) groups is 3. The maximum absolute atomic E-state index is 13.2. The lowest BCUT2D eigenvalue weighted by atomic mass is 10.1. The zero-order chi connectivity index (χ0) is 27.5. The third kappa shape index (κ3) is 5.58. The zero-order valence-corrected chi connectivity index (χ0v) is 22.4. The van der Waals surface area contributed by atoms with E-state index in [9.17, 15) is 14.4 Å². The topological polar surface area (TPSA) is 110 Å². The van der Waals surface area contributed by atoms with Crippen molar-refractivity contribution >= 4 is 51.7 Å². The van der Waals surface area contributed by atoms with E-state index >= 15 is 0 Å². The Morgan fingerprint density at radius 1 is 0.974 bits per heavy atom. The van der Waals surface area contributed by atoms with Crippen molar-refractivity contribution in [2.75, 3.05) is 17.3 Å². The van der Waals surface area contributed by atoms with E-state index in [-0.39, 0.29) is 24.8 Å². The molecule has 39 heavy (non-hydrogen) atoms. The van der Waals surface area contributed by atoms with Crippen molar-refractivity contribution in [2.45, 2.75) is 19.9 Å². The summed E-state index contributed by atoms with van der Waals surface area (Å²) in [6, 6.07) is 26.3. The van der Waals surface area contributed by atoms with Gasteiger partial charge >= 0.3 is 0 Å². The highest BCUT2D eigenvalue weighted by Gasteiger charge is 2.19. The minimum Gasteiger partial charge on any atom is -0.370 e. The summed E-state index contributed by atoms with van der Waals surface area (Å²) in [5.74, 6) is -0.611. The number of imidazole rings is 1. The van der Waals surface area contributed by atoms with Gasteiger partial charge in [-0.1, -0.05) is 48.0 Å². The second-order valence-electron chi connectivity index (χ2n) is 9.19. The summed E-state index contributed by atoms with van der Waals surface area (Å²) < 4.78 is 1.76. The van der Waals surface area contributed by atoms with E-state index < -0.39 is 5.91 Å². The summed E-state index contributed by atoms with van der Waals surface area (Å²) in [5.41, 5.74) is 10.1. The van der Waals surface area contributed by atoms with Gasteiger partial charge in [-0.15, -0.1) is 11.3 Å². The van der Waals surface area contributed by atoms with E-state index in [1.54, 1.807) is 40.8 Å². The number of anilines is 2. The number of nitrogens with zero attached hydrogens (tertiary/aromatic N) is 3. The standard InChI is InChI=1S/C30H27N5O3S/c1-19-8-10-20(11-9-19)25-14-15-26(39-25)28(37)33-30-32-23-18-22(12-13-24(23)35(30)17-16-27(31)36)34(2)29(38)21-6-4-3-5-7-21/h3-15,18H,16-17H2,1-2H3,(H2,31,36)(H,32,33,37). The molecule has 0 bridgehead atoms. The van der Waals surface area contributed by atoms with Crippen LogP contribution in [-0.4, -0.2) is 34.3 Å². The number of nitrogens with two attached hydrogens (primary N) is 1. The SMILES string of the molecule is Cc1ccc(-c2ccc(C(=O)Nc3nc4cc(N(C)C(=O)c5ccccc5)ccc4n3CCC(N)=O)s2)cc1. The molecule has 0 radical (unpaired) electrons. The van der Waals surface area contributed by atoms with E-state index in [1.807, 2.05) is 67.6 Å². The number of benzene rings is 3. The van der Waals surface area contributed by atoms with Crippen molar-refractivity contribution in [3.05, 3.63) is 101 Å². The number of carbonyl (C=O) groups excluding carboxylic acids is 3. The van der Waals surface area contributed by atoms with Gasteiger partial charge in [0.15, 0.2) is 0 Å². The van der Waals surface area contributed by atoms with Crippen molar-refractivity contribution in [2.24, 2.45) is 5.73 Å². The Kier molecular flexibility index (Phi) is 7.25. The first-order valence-corrected chi connectivity index (χ1v) is 13.2. The van der Waals surface area contributed by atoms with E-state index in [1.165, 1.54) is 16.9 Å². The molecular formula is C30H27N5O3S. The molecular weight excluding hydrogens is 510 g/mol. The highest BCUT2D eigenvalue weighted by Crippen LogP contribution is 2.30. The first-order chi connectivity index (χ1) is 18.8. The number of primary amides is 1. The molecule has 0 unspecified atom stereocenters. The van der Waals surface area contributed by atoms with Gasteiger partial charge in [0.1, 0.15) is 0 Å². The van der Waals surface area contributed by atoms with Crippen LogP contribution in [0.3, 0.4) is 0 Å². The maximum atomic E-state index is 13.2. The van der Waals surface area contributed by atoms with Crippen molar-refractivity contribution < 1.29 is 14.4 Å².